The average molecular weight is 1790 g/mol. The fourth-order valence-electron chi connectivity index (χ4n) is 10.9. The van der Waals surface area contributed by atoms with Crippen molar-refractivity contribution in [3.05, 3.63) is 365 Å². The van der Waals surface area contributed by atoms with Crippen molar-refractivity contribution in [3.8, 4) is 0 Å². The quantitative estimate of drug-likeness (QED) is 0.176. The number of benzene rings is 3. The number of nitrogens with zero attached hydrogens (tertiary/aromatic N) is 2. The number of thiazole rings is 2. The molecular formula is C101H124BrCl7N2S3. The molecule has 18 rings (SSSR count). The highest BCUT2D eigenvalue weighted by Crippen LogP contribution is 2.43. The van der Waals surface area contributed by atoms with Crippen LogP contribution in [0.2, 0.25) is 5.02 Å². The van der Waals surface area contributed by atoms with Gasteiger partial charge in [-0.3, -0.25) is 4.98 Å². The summed E-state index contributed by atoms with van der Waals surface area (Å²) in [4.78, 5) is 12.1. The molecule has 3 fully saturated rings. The maximum atomic E-state index is 5.82. The Labute approximate surface area is 744 Å². The number of hydrogen-bond acceptors (Lipinski definition) is 5. The van der Waals surface area contributed by atoms with Gasteiger partial charge < -0.3 is 0 Å². The van der Waals surface area contributed by atoms with Gasteiger partial charge in [-0.1, -0.05) is 320 Å². The Morgan fingerprint density at radius 2 is 0.921 bits per heavy atom. The van der Waals surface area contributed by atoms with E-state index in [-0.39, 0.29) is 0 Å². The minimum Gasteiger partial charge on any atom is -0.253 e. The van der Waals surface area contributed by atoms with Crippen LogP contribution >= 0.6 is 131 Å². The molecule has 0 aliphatic heterocycles. The van der Waals surface area contributed by atoms with Gasteiger partial charge >= 0.3 is 0 Å². The Hall–Kier alpha value is -5.55. The number of aromatic nitrogens is 2. The summed E-state index contributed by atoms with van der Waals surface area (Å²) in [6, 6.07) is 31.1. The summed E-state index contributed by atoms with van der Waals surface area (Å²) in [7, 11) is 0. The molecule has 0 unspecified atom stereocenters. The molecule has 0 atom stereocenters. The van der Waals surface area contributed by atoms with Gasteiger partial charge in [0.25, 0.3) is 0 Å². The van der Waals surface area contributed by atoms with Gasteiger partial charge in [-0.25, -0.2) is 4.98 Å². The van der Waals surface area contributed by atoms with E-state index in [4.69, 9.17) is 81.2 Å². The van der Waals surface area contributed by atoms with E-state index in [1.165, 1.54) is 171 Å². The molecule has 0 amide bonds. The lowest BCUT2D eigenvalue weighted by Crippen LogP contribution is -1.80. The number of aryl methyl sites for hydroxylation is 6. The molecule has 3 heterocycles. The lowest BCUT2D eigenvalue weighted by molar-refractivity contribution is 0.944. The summed E-state index contributed by atoms with van der Waals surface area (Å²) in [6.45, 7) is 39.9. The molecule has 6 aromatic rings. The molecule has 0 radical (unpaired) electrons. The molecule has 0 saturated heterocycles. The van der Waals surface area contributed by atoms with Gasteiger partial charge in [0.05, 0.1) is 10.5 Å². The third kappa shape index (κ3) is 46.6. The number of halogens is 8. The molecule has 0 spiro atoms. The first-order valence-electron chi connectivity index (χ1n) is 39.6. The molecular weight excluding hydrogens is 1670 g/mol. The van der Waals surface area contributed by atoms with E-state index in [1.807, 2.05) is 131 Å². The highest BCUT2D eigenvalue weighted by atomic mass is 79.9. The standard InChI is InChI=1S/C10H12.C9H12.2C7H9Cl.C7H7Cl.C7H9NS.2C7H10.C7H8.C6H7Br.C6H6Cl2.2C6H7Cl.C5H6S.C4H5NS/c1-8-2-4-9(5-3-8)10-6-7-10;1-7-2-3-9(6-7)8-4-5-8;1-5-3-7(8)4-6(5)2;1-5-3-4-6(2)7(5)8;1-6-2-4-7(8)5-3-6;1-5-4-8-7(9-5)6-2-3-6;1-6-3-4-7(2)5-6;1-6-4-3-5-7(6)2;1-7-5-3-2-4-6-7;1-5-2-3-6(7)4-5;1-4-2-5(7)3-6(4)8;1-5-2-3-6(7)4-5;1-5-3-2-4-6(5)7;1-5-3-2-4-6-5;1-4-2-5-3-6-4/h2-5,10H,6-7H2,1H3;2-3,8H,4-6H2,1H3;2*3H,4H2,1-2H3;2-5H,1H3;4,6H,2-3H2,1H3;2*3-4H,5H2,1-2H3;2-6H,1H3;2-3H,4H2,1H3;3H,2H2,1H3;2-3H,4H2,1H3;2,4H,3H2,1H3;2-4H,1H3;2-3H,1H3. The number of allylic oxidation sites excluding steroid dienone is 36. The number of thiophene rings is 1. The van der Waals surface area contributed by atoms with Crippen LogP contribution in [0.4, 0.5) is 0 Å². The molecule has 3 aromatic carbocycles. The van der Waals surface area contributed by atoms with E-state index >= 15 is 0 Å². The van der Waals surface area contributed by atoms with Crippen LogP contribution in [0.15, 0.2) is 318 Å². The Balaban J connectivity index is 0.000000258. The third-order valence-electron chi connectivity index (χ3n) is 18.8. The van der Waals surface area contributed by atoms with Crippen LogP contribution in [0, 0.1) is 47.5 Å². The molecule has 13 heteroatoms. The maximum absolute atomic E-state index is 5.82. The van der Waals surface area contributed by atoms with Crippen molar-refractivity contribution < 1.29 is 0 Å². The van der Waals surface area contributed by atoms with Crippen LogP contribution in [0.1, 0.15) is 240 Å². The van der Waals surface area contributed by atoms with Crippen LogP contribution in [0.5, 0.6) is 0 Å². The number of hydrogen-bond donors (Lipinski definition) is 0. The Morgan fingerprint density at radius 1 is 0.386 bits per heavy atom. The predicted molar refractivity (Wildman–Crippen MR) is 520 cm³/mol. The summed E-state index contributed by atoms with van der Waals surface area (Å²) in [6.07, 6.45) is 53.3. The van der Waals surface area contributed by atoms with Gasteiger partial charge in [0.1, 0.15) is 0 Å². The summed E-state index contributed by atoms with van der Waals surface area (Å²) in [5.41, 5.74) is 26.9. The topological polar surface area (TPSA) is 25.8 Å². The molecule has 2 nitrogen and oxygen atoms in total. The predicted octanol–water partition coefficient (Wildman–Crippen LogP) is 36.8. The molecule has 0 bridgehead atoms. The number of rotatable bonds is 3. The van der Waals surface area contributed by atoms with Crippen molar-refractivity contribution in [2.24, 2.45) is 5.92 Å². The Bertz CT molecular complexity index is 4290. The zero-order valence-electron chi connectivity index (χ0n) is 71.1. The smallest absolute Gasteiger partial charge is 0.0958 e. The molecule has 3 aromatic heterocycles. The van der Waals surface area contributed by atoms with Crippen LogP contribution < -0.4 is 0 Å². The zero-order valence-corrected chi connectivity index (χ0v) is 80.4. The molecule has 114 heavy (non-hydrogen) atoms. The fraction of sp³-hybridized carbons (Fsp3) is 0.366. The van der Waals surface area contributed by atoms with E-state index in [9.17, 15) is 0 Å². The van der Waals surface area contributed by atoms with Crippen molar-refractivity contribution in [2.45, 2.75) is 240 Å². The highest BCUT2D eigenvalue weighted by molar-refractivity contribution is 9.11. The lowest BCUT2D eigenvalue weighted by atomic mass is 10.1. The second kappa shape index (κ2) is 56.0. The van der Waals surface area contributed by atoms with Gasteiger partial charge in [0.15, 0.2) is 0 Å². The first-order chi connectivity index (χ1) is 54.1. The van der Waals surface area contributed by atoms with E-state index < -0.39 is 0 Å². The van der Waals surface area contributed by atoms with E-state index in [1.54, 1.807) is 34.3 Å². The molecule has 12 aliphatic carbocycles. The van der Waals surface area contributed by atoms with Crippen LogP contribution in [-0.4, -0.2) is 9.97 Å². The summed E-state index contributed by atoms with van der Waals surface area (Å²) < 4.78 is 1.30. The molecule has 612 valence electrons. The van der Waals surface area contributed by atoms with Gasteiger partial charge in [-0.15, -0.1) is 34.0 Å². The van der Waals surface area contributed by atoms with Gasteiger partial charge in [0.2, 0.25) is 0 Å². The van der Waals surface area contributed by atoms with Crippen molar-refractivity contribution in [1.82, 2.24) is 9.97 Å². The maximum Gasteiger partial charge on any atom is 0.0958 e. The van der Waals surface area contributed by atoms with E-state index in [2.05, 4.69) is 238 Å². The fourth-order valence-corrected chi connectivity index (χ4v) is 15.0. The van der Waals surface area contributed by atoms with Crippen LogP contribution in [0.25, 0.3) is 0 Å². The molecule has 0 N–H and O–H groups in total. The minimum atomic E-state index is 0.801. The monoisotopic (exact) mass is 1780 g/mol. The van der Waals surface area contributed by atoms with Crippen LogP contribution in [0.3, 0.4) is 0 Å². The van der Waals surface area contributed by atoms with Gasteiger partial charge in [-0.2, -0.15) is 0 Å². The second-order valence-electron chi connectivity index (χ2n) is 30.7. The van der Waals surface area contributed by atoms with Crippen LogP contribution in [-0.2, 0) is 0 Å². The summed E-state index contributed by atoms with van der Waals surface area (Å²) >= 11 is 48.4. The lowest BCUT2D eigenvalue weighted by Gasteiger charge is -1.96. The normalized spacial score (nSPS) is 17.1. The van der Waals surface area contributed by atoms with Gasteiger partial charge in [0, 0.05) is 87.4 Å². The highest BCUT2D eigenvalue weighted by Gasteiger charge is 2.27. The van der Waals surface area contributed by atoms with Crippen molar-refractivity contribution in [3.63, 3.8) is 0 Å². The second-order valence-corrected chi connectivity index (χ2v) is 38.3. The van der Waals surface area contributed by atoms with Crippen molar-refractivity contribution in [1.29, 1.82) is 0 Å². The van der Waals surface area contributed by atoms with E-state index in [0.29, 0.717) is 0 Å². The summed E-state index contributed by atoms with van der Waals surface area (Å²) in [5.74, 6) is 2.72. The Morgan fingerprint density at radius 3 is 1.16 bits per heavy atom. The summed E-state index contributed by atoms with van der Waals surface area (Å²) in [5, 5.41) is 9.68. The first-order valence-corrected chi connectivity index (χ1v) is 45.6. The molecule has 3 saturated carbocycles. The first kappa shape index (κ1) is 101. The SMILES string of the molecule is CC1=C(C)CC(Cl)=C1.CC1=C(C)CC=C1.CC1=C(Cl)C=C(Cl)C1.CC1=C(Cl)C=CC1.CC1=CC=C(Br)C1.CC1=CC=C(C)C1.CC1=CC=C(C2CC2)C1.CC1=CC=C(Cl)C1.CC1=CCC(C)=C1Cl.Cc1ccc(C2CC2)cc1.Cc1ccc(Cl)cc1.Cc1ccccc1.Cc1cccs1.Cc1cnc(C2CC2)s1.Cc1cncs1. The molecule has 12 aliphatic rings. The van der Waals surface area contributed by atoms with Gasteiger partial charge in [-0.05, 0) is 290 Å². The minimum absolute atomic E-state index is 0.801. The average Bonchev–Trinajstić information content (AvgIpc) is 1.71. The largest absolute Gasteiger partial charge is 0.253 e. The Kier molecular flexibility index (Phi) is 49.5. The zero-order chi connectivity index (χ0) is 84.2. The third-order valence-corrected chi connectivity index (χ3v) is 24.5. The van der Waals surface area contributed by atoms with Crippen molar-refractivity contribution in [2.75, 3.05) is 0 Å². The van der Waals surface area contributed by atoms with E-state index in [0.717, 1.165) is 97.1 Å². The van der Waals surface area contributed by atoms with Crippen molar-refractivity contribution >= 4 is 131 Å².